The third-order valence-electron chi connectivity index (χ3n) is 4.32. The summed E-state index contributed by atoms with van der Waals surface area (Å²) >= 11 is 0. The number of hydrogen-bond donors (Lipinski definition) is 2. The van der Waals surface area contributed by atoms with Gasteiger partial charge in [-0.2, -0.15) is 0 Å². The highest BCUT2D eigenvalue weighted by Gasteiger charge is 2.19. The van der Waals surface area contributed by atoms with Gasteiger partial charge >= 0.3 is 0 Å². The Morgan fingerprint density at radius 2 is 1.30 bits per heavy atom. The van der Waals surface area contributed by atoms with Crippen LogP contribution in [0.15, 0.2) is 84.9 Å². The largest absolute Gasteiger partial charge is 0.348 e. The van der Waals surface area contributed by atoms with Crippen molar-refractivity contribution in [2.24, 2.45) is 0 Å². The molecule has 2 N–H and O–H groups in total. The minimum atomic E-state index is -3.65. The first-order valence-corrected chi connectivity index (χ1v) is 11.2. The van der Waals surface area contributed by atoms with E-state index < -0.39 is 21.5 Å². The number of nitrogens with one attached hydrogen (secondary N) is 2. The Labute approximate surface area is 175 Å². The molecule has 0 aliphatic carbocycles. The zero-order valence-electron chi connectivity index (χ0n) is 16.2. The van der Waals surface area contributed by atoms with Crippen LogP contribution in [0, 0.1) is 0 Å². The zero-order chi connectivity index (χ0) is 21.4. The van der Waals surface area contributed by atoms with E-state index in [1.165, 1.54) is 0 Å². The molecule has 30 heavy (non-hydrogen) atoms. The fraction of sp³-hybridized carbons (Fsp3) is 0.130. The van der Waals surface area contributed by atoms with E-state index in [0.29, 0.717) is 12.1 Å². The molecule has 0 aliphatic rings. The molecule has 0 aliphatic heterocycles. The Bertz CT molecular complexity index is 1110. The first-order valence-electron chi connectivity index (χ1n) is 9.38. The average Bonchev–Trinajstić information content (AvgIpc) is 2.73. The van der Waals surface area contributed by atoms with Crippen molar-refractivity contribution >= 4 is 27.3 Å². The molecule has 0 spiro atoms. The molecule has 0 saturated heterocycles. The minimum absolute atomic E-state index is 0.222. The van der Waals surface area contributed by atoms with Crippen LogP contribution in [0.2, 0.25) is 0 Å². The van der Waals surface area contributed by atoms with Crippen LogP contribution in [0.5, 0.6) is 0 Å². The lowest BCUT2D eigenvalue weighted by atomic mass is 10.1. The molecule has 2 amide bonds. The SMILES string of the molecule is O=C(CS(=O)(=O)Cc1ccccc1)Nc1ccccc1C(=O)NCc1ccccc1. The number of amides is 2. The van der Waals surface area contributed by atoms with Gasteiger partial charge in [-0.15, -0.1) is 0 Å². The zero-order valence-corrected chi connectivity index (χ0v) is 17.1. The number of carbonyl (C=O) groups excluding carboxylic acids is 2. The van der Waals surface area contributed by atoms with E-state index in [2.05, 4.69) is 10.6 Å². The highest BCUT2D eigenvalue weighted by molar-refractivity contribution is 7.91. The Morgan fingerprint density at radius 3 is 1.97 bits per heavy atom. The second kappa shape index (κ2) is 9.84. The molecule has 6 nitrogen and oxygen atoms in total. The Hall–Kier alpha value is -3.45. The van der Waals surface area contributed by atoms with E-state index in [9.17, 15) is 18.0 Å². The average molecular weight is 423 g/mol. The molecule has 3 aromatic rings. The third kappa shape index (κ3) is 6.28. The summed E-state index contributed by atoms with van der Waals surface area (Å²) in [4.78, 5) is 24.9. The number of hydrogen-bond acceptors (Lipinski definition) is 4. The maximum absolute atomic E-state index is 12.6. The summed E-state index contributed by atoms with van der Waals surface area (Å²) in [6.07, 6.45) is 0. The van der Waals surface area contributed by atoms with E-state index in [4.69, 9.17) is 0 Å². The van der Waals surface area contributed by atoms with Gasteiger partial charge in [-0.3, -0.25) is 9.59 Å². The lowest BCUT2D eigenvalue weighted by Gasteiger charge is -2.12. The van der Waals surface area contributed by atoms with Crippen LogP contribution in [-0.2, 0) is 26.9 Å². The van der Waals surface area contributed by atoms with Crippen LogP contribution in [0.1, 0.15) is 21.5 Å². The topological polar surface area (TPSA) is 92.3 Å². The second-order valence-corrected chi connectivity index (χ2v) is 8.84. The third-order valence-corrected chi connectivity index (χ3v) is 5.80. The Kier molecular flexibility index (Phi) is 6.98. The van der Waals surface area contributed by atoms with Gasteiger partial charge in [-0.05, 0) is 23.3 Å². The summed E-state index contributed by atoms with van der Waals surface area (Å²) in [5, 5.41) is 5.35. The highest BCUT2D eigenvalue weighted by Crippen LogP contribution is 2.16. The summed E-state index contributed by atoms with van der Waals surface area (Å²) in [5.74, 6) is -1.93. The van der Waals surface area contributed by atoms with Crippen molar-refractivity contribution in [3.8, 4) is 0 Å². The van der Waals surface area contributed by atoms with Gasteiger partial charge in [0.25, 0.3) is 5.91 Å². The quantitative estimate of drug-likeness (QED) is 0.583. The molecule has 0 radical (unpaired) electrons. The van der Waals surface area contributed by atoms with Gasteiger partial charge in [-0.25, -0.2) is 8.42 Å². The summed E-state index contributed by atoms with van der Waals surface area (Å²) in [5.41, 5.74) is 2.09. The van der Waals surface area contributed by atoms with Crippen molar-refractivity contribution in [2.75, 3.05) is 11.1 Å². The smallest absolute Gasteiger partial charge is 0.253 e. The summed E-state index contributed by atoms with van der Waals surface area (Å²) in [7, 11) is -3.65. The van der Waals surface area contributed by atoms with Crippen molar-refractivity contribution in [1.29, 1.82) is 0 Å². The molecular formula is C23H22N2O4S. The van der Waals surface area contributed by atoms with Gasteiger partial charge in [0.05, 0.1) is 17.0 Å². The number of para-hydroxylation sites is 1. The molecule has 3 aromatic carbocycles. The molecule has 0 heterocycles. The standard InChI is InChI=1S/C23H22N2O4S/c26-22(17-30(28,29)16-19-11-5-2-6-12-19)25-21-14-8-7-13-20(21)23(27)24-15-18-9-3-1-4-10-18/h1-14H,15-17H2,(H,24,27)(H,25,26). The van der Waals surface area contributed by atoms with E-state index in [-0.39, 0.29) is 22.9 Å². The lowest BCUT2D eigenvalue weighted by molar-refractivity contribution is -0.113. The summed E-state index contributed by atoms with van der Waals surface area (Å²) in [6.45, 7) is 0.341. The maximum atomic E-state index is 12.6. The summed E-state index contributed by atoms with van der Waals surface area (Å²) < 4.78 is 24.7. The Balaban J connectivity index is 1.63. The molecule has 0 atom stereocenters. The fourth-order valence-corrected chi connectivity index (χ4v) is 4.20. The van der Waals surface area contributed by atoms with Crippen LogP contribution in [0.4, 0.5) is 5.69 Å². The summed E-state index contributed by atoms with van der Waals surface area (Å²) in [6, 6.07) is 24.6. The predicted octanol–water partition coefficient (Wildman–Crippen LogP) is 3.17. The van der Waals surface area contributed by atoms with Crippen molar-refractivity contribution in [3.05, 3.63) is 102 Å². The molecule has 7 heteroatoms. The number of anilines is 1. The van der Waals surface area contributed by atoms with Crippen LogP contribution in [-0.4, -0.2) is 26.0 Å². The molecule has 0 unspecified atom stereocenters. The maximum Gasteiger partial charge on any atom is 0.253 e. The van der Waals surface area contributed by atoms with Crippen LogP contribution >= 0.6 is 0 Å². The molecule has 154 valence electrons. The van der Waals surface area contributed by atoms with E-state index in [0.717, 1.165) is 5.56 Å². The fourth-order valence-electron chi connectivity index (χ4n) is 2.93. The van der Waals surface area contributed by atoms with Crippen molar-refractivity contribution in [1.82, 2.24) is 5.32 Å². The second-order valence-electron chi connectivity index (χ2n) is 6.78. The predicted molar refractivity (Wildman–Crippen MR) is 117 cm³/mol. The highest BCUT2D eigenvalue weighted by atomic mass is 32.2. The van der Waals surface area contributed by atoms with Crippen molar-refractivity contribution < 1.29 is 18.0 Å². The van der Waals surface area contributed by atoms with Gasteiger partial charge in [-0.1, -0.05) is 72.8 Å². The van der Waals surface area contributed by atoms with Crippen molar-refractivity contribution in [2.45, 2.75) is 12.3 Å². The van der Waals surface area contributed by atoms with Gasteiger partial charge < -0.3 is 10.6 Å². The minimum Gasteiger partial charge on any atom is -0.348 e. The molecule has 0 saturated carbocycles. The first kappa shape index (κ1) is 21.3. The molecule has 0 aromatic heterocycles. The lowest BCUT2D eigenvalue weighted by Crippen LogP contribution is -2.27. The van der Waals surface area contributed by atoms with Crippen LogP contribution < -0.4 is 10.6 Å². The molecule has 3 rings (SSSR count). The Morgan fingerprint density at radius 1 is 0.733 bits per heavy atom. The molecule has 0 bridgehead atoms. The number of carbonyl (C=O) groups is 2. The molecular weight excluding hydrogens is 400 g/mol. The number of rotatable bonds is 8. The van der Waals surface area contributed by atoms with Crippen LogP contribution in [0.3, 0.4) is 0 Å². The van der Waals surface area contributed by atoms with Gasteiger partial charge in [0.15, 0.2) is 9.84 Å². The molecule has 0 fully saturated rings. The normalized spacial score (nSPS) is 10.9. The number of sulfone groups is 1. The van der Waals surface area contributed by atoms with Crippen molar-refractivity contribution in [3.63, 3.8) is 0 Å². The van der Waals surface area contributed by atoms with E-state index >= 15 is 0 Å². The van der Waals surface area contributed by atoms with Gasteiger partial charge in [0, 0.05) is 6.54 Å². The van der Waals surface area contributed by atoms with Crippen LogP contribution in [0.25, 0.3) is 0 Å². The van der Waals surface area contributed by atoms with Gasteiger partial charge in [0.2, 0.25) is 5.91 Å². The number of benzene rings is 3. The first-order chi connectivity index (χ1) is 14.4. The van der Waals surface area contributed by atoms with E-state index in [1.807, 2.05) is 30.3 Å². The monoisotopic (exact) mass is 422 g/mol. The van der Waals surface area contributed by atoms with Gasteiger partial charge in [0.1, 0.15) is 5.75 Å². The van der Waals surface area contributed by atoms with E-state index in [1.54, 1.807) is 54.6 Å².